The lowest BCUT2D eigenvalue weighted by Crippen LogP contribution is -2.13. The highest BCUT2D eigenvalue weighted by Crippen LogP contribution is 2.60. The summed E-state index contributed by atoms with van der Waals surface area (Å²) in [5.74, 6) is -0.0843. The molecule has 1 amide bonds. The van der Waals surface area contributed by atoms with Gasteiger partial charge in [0.05, 0.1) is 0 Å². The van der Waals surface area contributed by atoms with Crippen LogP contribution >= 0.6 is 39.1 Å². The first-order valence-corrected chi connectivity index (χ1v) is 8.06. The molecule has 0 bridgehead atoms. The third-order valence-corrected chi connectivity index (χ3v) is 4.83. The summed E-state index contributed by atoms with van der Waals surface area (Å²) < 4.78 is 0.155. The van der Waals surface area contributed by atoms with E-state index in [-0.39, 0.29) is 11.8 Å². The second-order valence-electron chi connectivity index (χ2n) is 5.07. The molecule has 0 heterocycles. The Hall–Kier alpha value is -1.03. The molecule has 21 heavy (non-hydrogen) atoms. The van der Waals surface area contributed by atoms with Gasteiger partial charge in [0.25, 0.3) is 5.91 Å². The molecule has 3 rings (SSSR count). The summed E-state index contributed by atoms with van der Waals surface area (Å²) >= 11 is 15.6. The summed E-state index contributed by atoms with van der Waals surface area (Å²) in [7, 11) is 0. The van der Waals surface area contributed by atoms with E-state index in [0.29, 0.717) is 12.0 Å². The SMILES string of the molecule is O=C(Nc1ccccc1C1CC1(Cl)Cl)c1cccc(Br)c1. The topological polar surface area (TPSA) is 29.1 Å². The minimum atomic E-state index is -0.712. The molecule has 108 valence electrons. The molecule has 0 aromatic heterocycles. The van der Waals surface area contributed by atoms with E-state index in [4.69, 9.17) is 23.2 Å². The monoisotopic (exact) mass is 383 g/mol. The van der Waals surface area contributed by atoms with E-state index in [2.05, 4.69) is 21.2 Å². The lowest BCUT2D eigenvalue weighted by Gasteiger charge is -2.11. The maximum absolute atomic E-state index is 12.3. The van der Waals surface area contributed by atoms with Crippen molar-refractivity contribution in [3.8, 4) is 0 Å². The number of hydrogen-bond acceptors (Lipinski definition) is 1. The van der Waals surface area contributed by atoms with Crippen LogP contribution in [0.1, 0.15) is 28.3 Å². The second kappa shape index (κ2) is 5.64. The Labute approximate surface area is 141 Å². The molecule has 0 radical (unpaired) electrons. The Morgan fingerprint density at radius 2 is 1.90 bits per heavy atom. The Morgan fingerprint density at radius 3 is 2.57 bits per heavy atom. The molecule has 2 aromatic carbocycles. The van der Waals surface area contributed by atoms with E-state index in [9.17, 15) is 4.79 Å². The first-order chi connectivity index (χ1) is 9.97. The van der Waals surface area contributed by atoms with Crippen LogP contribution in [0.3, 0.4) is 0 Å². The smallest absolute Gasteiger partial charge is 0.255 e. The van der Waals surface area contributed by atoms with Crippen molar-refractivity contribution < 1.29 is 4.79 Å². The van der Waals surface area contributed by atoms with Gasteiger partial charge in [0.2, 0.25) is 0 Å². The van der Waals surface area contributed by atoms with Gasteiger partial charge in [-0.15, -0.1) is 23.2 Å². The van der Waals surface area contributed by atoms with Gasteiger partial charge >= 0.3 is 0 Å². The summed E-state index contributed by atoms with van der Waals surface area (Å²) in [5.41, 5.74) is 2.33. The van der Waals surface area contributed by atoms with E-state index in [1.54, 1.807) is 12.1 Å². The van der Waals surface area contributed by atoms with E-state index in [0.717, 1.165) is 15.7 Å². The predicted octanol–water partition coefficient (Wildman–Crippen LogP) is 5.36. The molecule has 2 nitrogen and oxygen atoms in total. The minimum absolute atomic E-state index is 0.0693. The average Bonchev–Trinajstić information content (AvgIpc) is 3.08. The van der Waals surface area contributed by atoms with Crippen molar-refractivity contribution in [3.05, 3.63) is 64.1 Å². The molecule has 1 aliphatic rings. The number of anilines is 1. The Bertz CT molecular complexity index is 702. The fourth-order valence-corrected chi connectivity index (χ4v) is 3.23. The third-order valence-electron chi connectivity index (χ3n) is 3.50. The second-order valence-corrected chi connectivity index (χ2v) is 7.53. The number of benzene rings is 2. The number of rotatable bonds is 3. The van der Waals surface area contributed by atoms with Crippen molar-refractivity contribution in [2.24, 2.45) is 0 Å². The zero-order valence-electron chi connectivity index (χ0n) is 10.9. The fraction of sp³-hybridized carbons (Fsp3) is 0.188. The van der Waals surface area contributed by atoms with Gasteiger partial charge in [-0.05, 0) is 36.2 Å². The zero-order valence-corrected chi connectivity index (χ0v) is 14.0. The Morgan fingerprint density at radius 1 is 1.19 bits per heavy atom. The van der Waals surface area contributed by atoms with Gasteiger partial charge in [-0.3, -0.25) is 4.79 Å². The highest BCUT2D eigenvalue weighted by atomic mass is 79.9. The van der Waals surface area contributed by atoms with Gasteiger partial charge in [0.15, 0.2) is 0 Å². The quantitative estimate of drug-likeness (QED) is 0.708. The molecule has 0 spiro atoms. The number of para-hydroxylation sites is 1. The zero-order chi connectivity index (χ0) is 15.0. The van der Waals surface area contributed by atoms with E-state index in [1.165, 1.54) is 0 Å². The van der Waals surface area contributed by atoms with Crippen molar-refractivity contribution in [1.82, 2.24) is 0 Å². The largest absolute Gasteiger partial charge is 0.322 e. The predicted molar refractivity (Wildman–Crippen MR) is 90.3 cm³/mol. The van der Waals surface area contributed by atoms with Crippen molar-refractivity contribution in [1.29, 1.82) is 0 Å². The van der Waals surface area contributed by atoms with Gasteiger partial charge in [0.1, 0.15) is 4.33 Å². The first kappa shape index (κ1) is 14.9. The van der Waals surface area contributed by atoms with Gasteiger partial charge in [-0.25, -0.2) is 0 Å². The van der Waals surface area contributed by atoms with Gasteiger partial charge in [0, 0.05) is 21.6 Å². The number of nitrogens with one attached hydrogen (secondary N) is 1. The van der Waals surface area contributed by atoms with Crippen molar-refractivity contribution >= 4 is 50.7 Å². The molecule has 1 N–H and O–H groups in total. The molecular formula is C16H12BrCl2NO. The molecule has 1 fully saturated rings. The fourth-order valence-electron chi connectivity index (χ4n) is 2.29. The molecule has 0 saturated heterocycles. The van der Waals surface area contributed by atoms with E-state index >= 15 is 0 Å². The van der Waals surface area contributed by atoms with Crippen LogP contribution in [-0.2, 0) is 0 Å². The molecular weight excluding hydrogens is 373 g/mol. The summed E-state index contributed by atoms with van der Waals surface area (Å²) in [6.07, 6.45) is 0.708. The number of hydrogen-bond donors (Lipinski definition) is 1. The highest BCUT2D eigenvalue weighted by Gasteiger charge is 2.53. The third kappa shape index (κ3) is 3.25. The van der Waals surface area contributed by atoms with Crippen molar-refractivity contribution in [2.75, 3.05) is 5.32 Å². The van der Waals surface area contributed by atoms with Crippen LogP contribution in [0.4, 0.5) is 5.69 Å². The maximum Gasteiger partial charge on any atom is 0.255 e. The standard InChI is InChI=1S/C16H12BrCl2NO/c17-11-5-3-4-10(8-11)15(21)20-14-7-2-1-6-12(14)13-9-16(13,18)19/h1-8,13H,9H2,(H,20,21). The van der Waals surface area contributed by atoms with Gasteiger partial charge in [-0.1, -0.05) is 40.2 Å². The number of carbonyl (C=O) groups excluding carboxylic acids is 1. The van der Waals surface area contributed by atoms with E-state index in [1.807, 2.05) is 36.4 Å². The van der Waals surface area contributed by atoms with Crippen LogP contribution in [-0.4, -0.2) is 10.2 Å². The first-order valence-electron chi connectivity index (χ1n) is 6.51. The van der Waals surface area contributed by atoms with Crippen molar-refractivity contribution in [3.63, 3.8) is 0 Å². The van der Waals surface area contributed by atoms with Crippen LogP contribution < -0.4 is 5.32 Å². The normalized spacial score (nSPS) is 19.1. The molecule has 0 aliphatic heterocycles. The van der Waals surface area contributed by atoms with Crippen LogP contribution in [0.15, 0.2) is 53.0 Å². The molecule has 1 aliphatic carbocycles. The Balaban J connectivity index is 1.84. The molecule has 1 unspecified atom stereocenters. The molecule has 1 atom stereocenters. The van der Waals surface area contributed by atoms with Crippen LogP contribution in [0.25, 0.3) is 0 Å². The number of halogens is 3. The number of carbonyl (C=O) groups is 1. The summed E-state index contributed by atoms with van der Waals surface area (Å²) in [6, 6.07) is 14.9. The Kier molecular flexibility index (Phi) is 4.00. The van der Waals surface area contributed by atoms with Gasteiger partial charge in [-0.2, -0.15) is 0 Å². The lowest BCUT2D eigenvalue weighted by molar-refractivity contribution is 0.102. The number of amides is 1. The molecule has 5 heteroatoms. The summed E-state index contributed by atoms with van der Waals surface area (Å²) in [6.45, 7) is 0. The number of alkyl halides is 2. The average molecular weight is 385 g/mol. The molecule has 1 saturated carbocycles. The summed E-state index contributed by atoms with van der Waals surface area (Å²) in [5, 5.41) is 2.94. The van der Waals surface area contributed by atoms with Crippen LogP contribution in [0.2, 0.25) is 0 Å². The molecule has 2 aromatic rings. The maximum atomic E-state index is 12.3. The van der Waals surface area contributed by atoms with Gasteiger partial charge < -0.3 is 5.32 Å². The van der Waals surface area contributed by atoms with E-state index < -0.39 is 4.33 Å². The van der Waals surface area contributed by atoms with Crippen LogP contribution in [0, 0.1) is 0 Å². The highest BCUT2D eigenvalue weighted by molar-refractivity contribution is 9.10. The summed E-state index contributed by atoms with van der Waals surface area (Å²) in [4.78, 5) is 12.3. The van der Waals surface area contributed by atoms with Crippen molar-refractivity contribution in [2.45, 2.75) is 16.7 Å². The minimum Gasteiger partial charge on any atom is -0.322 e. The lowest BCUT2D eigenvalue weighted by atomic mass is 10.1. The van der Waals surface area contributed by atoms with Crippen LogP contribution in [0.5, 0.6) is 0 Å².